The number of nitrogens with one attached hydrogen (secondary N) is 2. The minimum absolute atomic E-state index is 0.00603. The first-order valence-electron chi connectivity index (χ1n) is 6.95. The Morgan fingerprint density at radius 3 is 2.86 bits per heavy atom. The molecule has 0 bridgehead atoms. The molecule has 2 heterocycles. The Morgan fingerprint density at radius 1 is 1.32 bits per heavy atom. The van der Waals surface area contributed by atoms with E-state index in [2.05, 4.69) is 15.5 Å². The topological polar surface area (TPSA) is 104 Å². The van der Waals surface area contributed by atoms with E-state index in [1.165, 1.54) is 18.2 Å². The fraction of sp³-hybridized carbons (Fsp3) is 0.267. The van der Waals surface area contributed by atoms with Gasteiger partial charge in [-0.3, -0.25) is 9.89 Å². The van der Waals surface area contributed by atoms with Gasteiger partial charge < -0.3 is 15.2 Å². The zero-order valence-electron chi connectivity index (χ0n) is 11.7. The number of carboxylic acids is 1. The van der Waals surface area contributed by atoms with Gasteiger partial charge in [0.05, 0.1) is 17.4 Å². The van der Waals surface area contributed by atoms with Gasteiger partial charge in [0, 0.05) is 18.2 Å². The van der Waals surface area contributed by atoms with Crippen molar-refractivity contribution in [3.05, 3.63) is 47.2 Å². The van der Waals surface area contributed by atoms with Gasteiger partial charge in [0.25, 0.3) is 5.91 Å². The van der Waals surface area contributed by atoms with Crippen LogP contribution in [-0.2, 0) is 4.74 Å². The Morgan fingerprint density at radius 2 is 2.14 bits per heavy atom. The number of hydrogen-bond acceptors (Lipinski definition) is 4. The summed E-state index contributed by atoms with van der Waals surface area (Å²) in [4.78, 5) is 23.1. The van der Waals surface area contributed by atoms with E-state index in [0.29, 0.717) is 5.82 Å². The predicted octanol–water partition coefficient (Wildman–Crippen LogP) is 2.21. The van der Waals surface area contributed by atoms with Crippen molar-refractivity contribution >= 4 is 17.7 Å². The molecule has 0 aliphatic carbocycles. The number of carboxylic acid groups (broad SMARTS) is 1. The second-order valence-corrected chi connectivity index (χ2v) is 5.05. The first-order chi connectivity index (χ1) is 10.6. The number of nitrogens with zero attached hydrogens (tertiary/aromatic N) is 1. The van der Waals surface area contributed by atoms with Crippen LogP contribution < -0.4 is 5.32 Å². The van der Waals surface area contributed by atoms with Crippen LogP contribution in [-0.4, -0.2) is 33.8 Å². The summed E-state index contributed by atoms with van der Waals surface area (Å²) in [5.41, 5.74) is 1.16. The molecule has 0 spiro atoms. The van der Waals surface area contributed by atoms with E-state index >= 15 is 0 Å². The minimum Gasteiger partial charge on any atom is -0.478 e. The molecule has 1 fully saturated rings. The third kappa shape index (κ3) is 2.99. The highest BCUT2D eigenvalue weighted by Gasteiger charge is 2.20. The highest BCUT2D eigenvalue weighted by atomic mass is 16.5. The van der Waals surface area contributed by atoms with Crippen LogP contribution in [0, 0.1) is 0 Å². The van der Waals surface area contributed by atoms with Crippen molar-refractivity contribution in [3.8, 4) is 0 Å². The van der Waals surface area contributed by atoms with Crippen LogP contribution in [0.25, 0.3) is 0 Å². The van der Waals surface area contributed by atoms with E-state index in [9.17, 15) is 9.59 Å². The van der Waals surface area contributed by atoms with Crippen molar-refractivity contribution in [3.63, 3.8) is 0 Å². The van der Waals surface area contributed by atoms with Gasteiger partial charge in [-0.05, 0) is 31.0 Å². The van der Waals surface area contributed by atoms with Crippen LogP contribution in [0.2, 0.25) is 0 Å². The second-order valence-electron chi connectivity index (χ2n) is 5.05. The van der Waals surface area contributed by atoms with Crippen molar-refractivity contribution in [2.45, 2.75) is 18.9 Å². The smallest absolute Gasteiger partial charge is 0.335 e. The molecule has 7 heteroatoms. The van der Waals surface area contributed by atoms with E-state index in [1.807, 2.05) is 0 Å². The van der Waals surface area contributed by atoms with E-state index < -0.39 is 11.9 Å². The Balaban J connectivity index is 1.71. The van der Waals surface area contributed by atoms with Crippen LogP contribution in [0.4, 0.5) is 5.82 Å². The number of anilines is 1. The molecule has 0 radical (unpaired) electrons. The van der Waals surface area contributed by atoms with Gasteiger partial charge in [-0.15, -0.1) is 0 Å². The van der Waals surface area contributed by atoms with Crippen molar-refractivity contribution in [2.24, 2.45) is 0 Å². The summed E-state index contributed by atoms with van der Waals surface area (Å²) in [5.74, 6) is -1.10. The molecule has 0 saturated carbocycles. The molecule has 2 aromatic rings. The molecule has 1 aromatic carbocycles. The maximum Gasteiger partial charge on any atom is 0.335 e. The summed E-state index contributed by atoms with van der Waals surface area (Å²) in [6, 6.07) is 7.57. The Kier molecular flexibility index (Phi) is 3.88. The maximum absolute atomic E-state index is 12.1. The molecule has 1 aromatic heterocycles. The van der Waals surface area contributed by atoms with Crippen LogP contribution >= 0.6 is 0 Å². The van der Waals surface area contributed by atoms with Gasteiger partial charge in [-0.25, -0.2) is 4.79 Å². The number of carbonyl (C=O) groups excluding carboxylic acids is 1. The summed E-state index contributed by atoms with van der Waals surface area (Å²) in [5, 5.41) is 18.5. The molecule has 3 N–H and O–H groups in total. The van der Waals surface area contributed by atoms with Crippen LogP contribution in [0.15, 0.2) is 30.3 Å². The van der Waals surface area contributed by atoms with Crippen molar-refractivity contribution in [1.82, 2.24) is 10.2 Å². The van der Waals surface area contributed by atoms with Gasteiger partial charge >= 0.3 is 5.97 Å². The van der Waals surface area contributed by atoms with Gasteiger partial charge in [-0.2, -0.15) is 5.10 Å². The quantitative estimate of drug-likeness (QED) is 0.803. The van der Waals surface area contributed by atoms with Crippen molar-refractivity contribution < 1.29 is 19.4 Å². The fourth-order valence-electron chi connectivity index (χ4n) is 2.37. The molecule has 1 atom stereocenters. The number of amides is 1. The van der Waals surface area contributed by atoms with E-state index in [0.717, 1.165) is 25.1 Å². The average Bonchev–Trinajstić information content (AvgIpc) is 3.18. The number of rotatable bonds is 4. The van der Waals surface area contributed by atoms with Crippen LogP contribution in [0.3, 0.4) is 0 Å². The molecule has 114 valence electrons. The molecule has 1 saturated heterocycles. The van der Waals surface area contributed by atoms with Gasteiger partial charge in [0.1, 0.15) is 0 Å². The van der Waals surface area contributed by atoms with Crippen LogP contribution in [0.5, 0.6) is 0 Å². The average molecular weight is 301 g/mol. The Labute approximate surface area is 126 Å². The molecule has 1 unspecified atom stereocenters. The van der Waals surface area contributed by atoms with Gasteiger partial charge in [0.15, 0.2) is 5.82 Å². The normalized spacial score (nSPS) is 17.4. The van der Waals surface area contributed by atoms with E-state index in [4.69, 9.17) is 9.84 Å². The summed E-state index contributed by atoms with van der Waals surface area (Å²) in [6.07, 6.45) is 1.93. The number of hydrogen-bond donors (Lipinski definition) is 3. The summed E-state index contributed by atoms with van der Waals surface area (Å²) >= 11 is 0. The monoisotopic (exact) mass is 301 g/mol. The number of aromatic nitrogens is 2. The molecular weight excluding hydrogens is 286 g/mol. The van der Waals surface area contributed by atoms with Crippen LogP contribution in [0.1, 0.15) is 45.4 Å². The number of H-pyrrole nitrogens is 1. The number of benzene rings is 1. The maximum atomic E-state index is 12.1. The number of ether oxygens (including phenoxy) is 1. The Hall–Kier alpha value is -2.67. The Bertz CT molecular complexity index is 704. The second kappa shape index (κ2) is 5.98. The standard InChI is InChI=1S/C15H15N3O4/c19-14(9-3-1-4-10(7-9)15(20)21)16-13-8-11(17-18-13)12-5-2-6-22-12/h1,3-4,7-8,12H,2,5-6H2,(H,20,21)(H2,16,17,18,19). The summed E-state index contributed by atoms with van der Waals surface area (Å²) in [7, 11) is 0. The van der Waals surface area contributed by atoms with E-state index in [1.54, 1.807) is 12.1 Å². The number of aromatic carboxylic acids is 1. The predicted molar refractivity (Wildman–Crippen MR) is 77.9 cm³/mol. The molecular formula is C15H15N3O4. The first-order valence-corrected chi connectivity index (χ1v) is 6.95. The number of carbonyl (C=O) groups is 2. The fourth-order valence-corrected chi connectivity index (χ4v) is 2.37. The molecule has 7 nitrogen and oxygen atoms in total. The van der Waals surface area contributed by atoms with Crippen molar-refractivity contribution in [2.75, 3.05) is 11.9 Å². The van der Waals surface area contributed by atoms with E-state index in [-0.39, 0.29) is 17.2 Å². The highest BCUT2D eigenvalue weighted by molar-refractivity contribution is 6.05. The largest absolute Gasteiger partial charge is 0.478 e. The zero-order valence-corrected chi connectivity index (χ0v) is 11.7. The third-order valence-electron chi connectivity index (χ3n) is 3.49. The lowest BCUT2D eigenvalue weighted by Gasteiger charge is -2.04. The minimum atomic E-state index is -1.07. The van der Waals surface area contributed by atoms with Gasteiger partial charge in [-0.1, -0.05) is 6.07 Å². The molecule has 1 amide bonds. The molecule has 1 aliphatic heterocycles. The lowest BCUT2D eigenvalue weighted by molar-refractivity contribution is 0.0697. The lowest BCUT2D eigenvalue weighted by atomic mass is 10.1. The number of aromatic amines is 1. The molecule has 22 heavy (non-hydrogen) atoms. The summed E-state index contributed by atoms with van der Waals surface area (Å²) in [6.45, 7) is 0.730. The highest BCUT2D eigenvalue weighted by Crippen LogP contribution is 2.28. The first kappa shape index (κ1) is 14.3. The lowest BCUT2D eigenvalue weighted by Crippen LogP contribution is -2.13. The molecule has 3 rings (SSSR count). The summed E-state index contributed by atoms with van der Waals surface area (Å²) < 4.78 is 5.53. The SMILES string of the molecule is O=C(O)c1cccc(C(=O)Nc2cc(C3CCCO3)[nH]n2)c1. The third-order valence-corrected chi connectivity index (χ3v) is 3.49. The zero-order chi connectivity index (χ0) is 15.5. The molecule has 1 aliphatic rings. The van der Waals surface area contributed by atoms with Gasteiger partial charge in [0.2, 0.25) is 0 Å². The van der Waals surface area contributed by atoms with Crippen molar-refractivity contribution in [1.29, 1.82) is 0 Å².